The van der Waals surface area contributed by atoms with Gasteiger partial charge in [-0.2, -0.15) is 0 Å². The van der Waals surface area contributed by atoms with Gasteiger partial charge in [-0.05, 0) is 38.5 Å². The van der Waals surface area contributed by atoms with E-state index in [1.165, 1.54) is 0 Å². The maximum Gasteiger partial charge on any atom is 0.270 e. The van der Waals surface area contributed by atoms with Crippen LogP contribution in [0.5, 0.6) is 5.75 Å². The molecule has 0 spiro atoms. The Morgan fingerprint density at radius 1 is 1.41 bits per heavy atom. The second-order valence-corrected chi connectivity index (χ2v) is 4.99. The van der Waals surface area contributed by atoms with E-state index >= 15 is 0 Å². The third-order valence-corrected chi connectivity index (χ3v) is 3.05. The minimum absolute atomic E-state index is 0.0492. The van der Waals surface area contributed by atoms with E-state index in [4.69, 9.17) is 10.5 Å². The number of ether oxygens (including phenoxy) is 1. The molecule has 1 amide bonds. The molecule has 4 heteroatoms. The molecule has 92 valence electrons. The minimum Gasteiger partial charge on any atom is -0.476 e. The van der Waals surface area contributed by atoms with Gasteiger partial charge in [0.2, 0.25) is 0 Å². The van der Waals surface area contributed by atoms with Crippen LogP contribution in [0.2, 0.25) is 0 Å². The Kier molecular flexibility index (Phi) is 2.62. The smallest absolute Gasteiger partial charge is 0.270 e. The predicted octanol–water partition coefficient (Wildman–Crippen LogP) is 1.84. The van der Waals surface area contributed by atoms with Gasteiger partial charge in [-0.1, -0.05) is 6.07 Å². The number of hydrogen-bond acceptors (Lipinski definition) is 3. The lowest BCUT2D eigenvalue weighted by Crippen LogP contribution is -2.50. The van der Waals surface area contributed by atoms with Gasteiger partial charge in [0.1, 0.15) is 5.75 Å². The van der Waals surface area contributed by atoms with Crippen LogP contribution in [-0.4, -0.2) is 18.6 Å². The molecule has 1 atom stereocenters. The number of amides is 1. The van der Waals surface area contributed by atoms with Crippen molar-refractivity contribution in [2.45, 2.75) is 32.4 Å². The fraction of sp³-hybridized carbons (Fsp3) is 0.462. The van der Waals surface area contributed by atoms with Gasteiger partial charge < -0.3 is 15.4 Å². The van der Waals surface area contributed by atoms with Gasteiger partial charge in [0, 0.05) is 13.1 Å². The monoisotopic (exact) mass is 234 g/mol. The number of hydrogen-bond donors (Lipinski definition) is 1. The number of benzene rings is 1. The van der Waals surface area contributed by atoms with Crippen molar-refractivity contribution in [2.75, 3.05) is 11.9 Å². The number of likely N-dealkylation sites (N-methyl/N-ethyl adjacent to an activating group) is 1. The van der Waals surface area contributed by atoms with Crippen molar-refractivity contribution < 1.29 is 9.53 Å². The molecule has 2 rings (SSSR count). The minimum atomic E-state index is -0.808. The number of nitrogens with two attached hydrogens (primary N) is 1. The second kappa shape index (κ2) is 3.74. The second-order valence-electron chi connectivity index (χ2n) is 4.99. The van der Waals surface area contributed by atoms with Crippen molar-refractivity contribution in [3.05, 3.63) is 23.8 Å². The molecule has 1 heterocycles. The molecule has 1 aliphatic heterocycles. The molecule has 1 aromatic rings. The molecule has 1 aliphatic rings. The van der Waals surface area contributed by atoms with E-state index in [1.54, 1.807) is 25.8 Å². The molecular formula is C13H18N2O2. The fourth-order valence-electron chi connectivity index (χ4n) is 2.00. The maximum absolute atomic E-state index is 12.1. The van der Waals surface area contributed by atoms with Crippen molar-refractivity contribution in [2.24, 2.45) is 5.73 Å². The van der Waals surface area contributed by atoms with Crippen LogP contribution in [0.3, 0.4) is 0 Å². The summed E-state index contributed by atoms with van der Waals surface area (Å²) in [5.74, 6) is 0.674. The van der Waals surface area contributed by atoms with Crippen LogP contribution >= 0.6 is 0 Å². The lowest BCUT2D eigenvalue weighted by atomic mass is 10.0. The largest absolute Gasteiger partial charge is 0.476 e. The van der Waals surface area contributed by atoms with Gasteiger partial charge in [0.25, 0.3) is 5.91 Å². The van der Waals surface area contributed by atoms with Crippen LogP contribution in [0.25, 0.3) is 0 Å². The molecule has 0 aromatic heterocycles. The number of fused-ring (bicyclic) bond motifs is 1. The summed E-state index contributed by atoms with van der Waals surface area (Å²) in [5.41, 5.74) is 6.80. The number of anilines is 1. The number of nitrogens with zero attached hydrogens (tertiary/aromatic N) is 1. The van der Waals surface area contributed by atoms with E-state index in [0.717, 1.165) is 17.0 Å². The third kappa shape index (κ3) is 1.89. The average molecular weight is 234 g/mol. The van der Waals surface area contributed by atoms with E-state index < -0.39 is 5.60 Å². The predicted molar refractivity (Wildman–Crippen MR) is 67.2 cm³/mol. The lowest BCUT2D eigenvalue weighted by Gasteiger charge is -2.37. The molecule has 0 saturated carbocycles. The molecule has 0 bridgehead atoms. The van der Waals surface area contributed by atoms with Crippen LogP contribution in [0.15, 0.2) is 18.2 Å². The van der Waals surface area contributed by atoms with E-state index in [-0.39, 0.29) is 11.9 Å². The lowest BCUT2D eigenvalue weighted by molar-refractivity contribution is -0.132. The molecule has 0 radical (unpaired) electrons. The van der Waals surface area contributed by atoms with Crippen LogP contribution in [0.4, 0.5) is 5.69 Å². The van der Waals surface area contributed by atoms with E-state index in [9.17, 15) is 4.79 Å². The summed E-state index contributed by atoms with van der Waals surface area (Å²) in [5, 5.41) is 0. The summed E-state index contributed by atoms with van der Waals surface area (Å²) in [6, 6.07) is 5.66. The zero-order valence-corrected chi connectivity index (χ0v) is 10.7. The zero-order chi connectivity index (χ0) is 12.8. The Labute approximate surface area is 101 Å². The van der Waals surface area contributed by atoms with Crippen molar-refractivity contribution >= 4 is 11.6 Å². The SMILES string of the molecule is CC(N)c1ccc2c(c1)N(C)C(=O)C(C)(C)O2. The molecule has 0 aliphatic carbocycles. The van der Waals surface area contributed by atoms with E-state index in [0.29, 0.717) is 0 Å². The first kappa shape index (κ1) is 11.9. The molecular weight excluding hydrogens is 216 g/mol. The Morgan fingerprint density at radius 3 is 2.65 bits per heavy atom. The Bertz CT molecular complexity index is 466. The topological polar surface area (TPSA) is 55.6 Å². The molecule has 1 aromatic carbocycles. The first-order valence-electron chi connectivity index (χ1n) is 5.69. The maximum atomic E-state index is 12.1. The summed E-state index contributed by atoms with van der Waals surface area (Å²) < 4.78 is 5.70. The Morgan fingerprint density at radius 2 is 2.06 bits per heavy atom. The summed E-state index contributed by atoms with van der Waals surface area (Å²) in [6.07, 6.45) is 0. The quantitative estimate of drug-likeness (QED) is 0.806. The molecule has 1 unspecified atom stereocenters. The van der Waals surface area contributed by atoms with Crippen LogP contribution < -0.4 is 15.4 Å². The van der Waals surface area contributed by atoms with Crippen LogP contribution in [-0.2, 0) is 4.79 Å². The van der Waals surface area contributed by atoms with E-state index in [1.807, 2.05) is 25.1 Å². The Hall–Kier alpha value is -1.55. The fourth-order valence-corrected chi connectivity index (χ4v) is 2.00. The highest BCUT2D eigenvalue weighted by molar-refractivity contribution is 6.01. The number of carbonyl (C=O) groups is 1. The molecule has 17 heavy (non-hydrogen) atoms. The standard InChI is InChI=1S/C13H18N2O2/c1-8(14)9-5-6-11-10(7-9)15(4)12(16)13(2,3)17-11/h5-8H,14H2,1-4H3. The molecule has 0 saturated heterocycles. The van der Waals surface area contributed by atoms with Crippen molar-refractivity contribution in [3.8, 4) is 5.75 Å². The highest BCUT2D eigenvalue weighted by atomic mass is 16.5. The molecule has 2 N–H and O–H groups in total. The van der Waals surface area contributed by atoms with Crippen molar-refractivity contribution in [3.63, 3.8) is 0 Å². The summed E-state index contributed by atoms with van der Waals surface area (Å²) >= 11 is 0. The van der Waals surface area contributed by atoms with Gasteiger partial charge in [-0.3, -0.25) is 4.79 Å². The highest BCUT2D eigenvalue weighted by Gasteiger charge is 2.39. The van der Waals surface area contributed by atoms with Gasteiger partial charge >= 0.3 is 0 Å². The third-order valence-electron chi connectivity index (χ3n) is 3.05. The van der Waals surface area contributed by atoms with Crippen LogP contribution in [0, 0.1) is 0 Å². The molecule has 0 fully saturated rings. The summed E-state index contributed by atoms with van der Waals surface area (Å²) in [6.45, 7) is 5.46. The van der Waals surface area contributed by atoms with Gasteiger partial charge in [0.05, 0.1) is 5.69 Å². The summed E-state index contributed by atoms with van der Waals surface area (Å²) in [7, 11) is 1.76. The highest BCUT2D eigenvalue weighted by Crippen LogP contribution is 2.38. The number of carbonyl (C=O) groups excluding carboxylic acids is 1. The van der Waals surface area contributed by atoms with Gasteiger partial charge in [0.15, 0.2) is 5.60 Å². The zero-order valence-electron chi connectivity index (χ0n) is 10.7. The van der Waals surface area contributed by atoms with Gasteiger partial charge in [-0.15, -0.1) is 0 Å². The van der Waals surface area contributed by atoms with Crippen molar-refractivity contribution in [1.29, 1.82) is 0 Å². The number of rotatable bonds is 1. The first-order valence-corrected chi connectivity index (χ1v) is 5.69. The molecule has 4 nitrogen and oxygen atoms in total. The Balaban J connectivity index is 2.50. The van der Waals surface area contributed by atoms with E-state index in [2.05, 4.69) is 0 Å². The average Bonchev–Trinajstić information content (AvgIpc) is 2.25. The van der Waals surface area contributed by atoms with Crippen molar-refractivity contribution in [1.82, 2.24) is 0 Å². The van der Waals surface area contributed by atoms with Gasteiger partial charge in [-0.25, -0.2) is 0 Å². The van der Waals surface area contributed by atoms with Crippen LogP contribution in [0.1, 0.15) is 32.4 Å². The normalized spacial score (nSPS) is 19.6. The first-order chi connectivity index (χ1) is 7.83. The summed E-state index contributed by atoms with van der Waals surface area (Å²) in [4.78, 5) is 13.7.